The topological polar surface area (TPSA) is 37.4 Å². The van der Waals surface area contributed by atoms with Crippen molar-refractivity contribution in [1.29, 1.82) is 0 Å². The Kier molecular flexibility index (Phi) is 3.29. The predicted molar refractivity (Wildman–Crippen MR) is 77.8 cm³/mol. The van der Waals surface area contributed by atoms with E-state index >= 15 is 0 Å². The second-order valence-corrected chi connectivity index (χ2v) is 9.91. The highest BCUT2D eigenvalue weighted by atomic mass is 32.2. The lowest BCUT2D eigenvalue weighted by Crippen LogP contribution is -2.33. The molecule has 3 rings (SSSR count). The highest BCUT2D eigenvalue weighted by molar-refractivity contribution is 7.92. The molecule has 108 valence electrons. The Morgan fingerprint density at radius 1 is 1.21 bits per heavy atom. The molecule has 4 heteroatoms. The van der Waals surface area contributed by atoms with Crippen LogP contribution in [0.1, 0.15) is 33.1 Å². The molecule has 19 heavy (non-hydrogen) atoms. The average molecular weight is 283 g/mol. The van der Waals surface area contributed by atoms with Gasteiger partial charge in [0.25, 0.3) is 0 Å². The largest absolute Gasteiger partial charge is 0.302 e. The Balaban J connectivity index is 1.63. The first-order chi connectivity index (χ1) is 8.87. The minimum Gasteiger partial charge on any atom is -0.302 e. The molecule has 1 saturated carbocycles. The smallest absolute Gasteiger partial charge is 0.156 e. The van der Waals surface area contributed by atoms with Crippen LogP contribution in [0.3, 0.4) is 0 Å². The molecule has 0 radical (unpaired) electrons. The maximum atomic E-state index is 12.2. The van der Waals surface area contributed by atoms with Gasteiger partial charge in [-0.25, -0.2) is 8.42 Å². The fourth-order valence-corrected chi connectivity index (χ4v) is 5.29. The molecular weight excluding hydrogens is 258 g/mol. The Morgan fingerprint density at radius 2 is 2.00 bits per heavy atom. The molecule has 0 spiro atoms. The molecular formula is C15H25NO2S. The zero-order valence-electron chi connectivity index (χ0n) is 12.0. The van der Waals surface area contributed by atoms with Crippen LogP contribution in [0.4, 0.5) is 0 Å². The Labute approximate surface area is 117 Å². The lowest BCUT2D eigenvalue weighted by atomic mass is 9.93. The number of hydrogen-bond acceptors (Lipinski definition) is 3. The average Bonchev–Trinajstić information content (AvgIpc) is 2.91. The summed E-state index contributed by atoms with van der Waals surface area (Å²) in [6.45, 7) is 6.52. The second-order valence-electron chi connectivity index (χ2n) is 7.17. The minimum absolute atomic E-state index is 0.330. The SMILES string of the molecule is CC1(C)CCN(C[C@H]2C[C@H]3C=C[C@H]2C3)CCS1(=O)=O. The van der Waals surface area contributed by atoms with Crippen molar-refractivity contribution < 1.29 is 8.42 Å². The van der Waals surface area contributed by atoms with Crippen molar-refractivity contribution >= 4 is 9.84 Å². The molecule has 2 fully saturated rings. The molecule has 1 saturated heterocycles. The summed E-state index contributed by atoms with van der Waals surface area (Å²) in [6.07, 6.45) is 8.18. The summed E-state index contributed by atoms with van der Waals surface area (Å²) < 4.78 is 23.8. The third kappa shape index (κ3) is 2.49. The third-order valence-electron chi connectivity index (χ3n) is 5.46. The van der Waals surface area contributed by atoms with Gasteiger partial charge in [-0.2, -0.15) is 0 Å². The molecule has 0 amide bonds. The molecule has 0 unspecified atom stereocenters. The molecule has 0 N–H and O–H groups in total. The molecule has 1 aliphatic heterocycles. The van der Waals surface area contributed by atoms with E-state index in [-0.39, 0.29) is 0 Å². The van der Waals surface area contributed by atoms with Crippen LogP contribution in [0.5, 0.6) is 0 Å². The Hall–Kier alpha value is -0.350. The monoisotopic (exact) mass is 283 g/mol. The number of nitrogens with zero attached hydrogens (tertiary/aromatic N) is 1. The molecule has 0 aromatic rings. The van der Waals surface area contributed by atoms with Gasteiger partial charge in [-0.05, 0) is 57.4 Å². The summed E-state index contributed by atoms with van der Waals surface area (Å²) in [6, 6.07) is 0. The van der Waals surface area contributed by atoms with Crippen molar-refractivity contribution in [3.63, 3.8) is 0 Å². The van der Waals surface area contributed by atoms with Gasteiger partial charge < -0.3 is 4.90 Å². The molecule has 2 aliphatic carbocycles. The van der Waals surface area contributed by atoms with E-state index in [1.807, 2.05) is 13.8 Å². The first-order valence-corrected chi connectivity index (χ1v) is 9.16. The van der Waals surface area contributed by atoms with Crippen LogP contribution in [0.15, 0.2) is 12.2 Å². The highest BCUT2D eigenvalue weighted by Gasteiger charge is 2.40. The predicted octanol–water partition coefficient (Wildman–Crippen LogP) is 2.10. The lowest BCUT2D eigenvalue weighted by Gasteiger charge is -2.27. The maximum Gasteiger partial charge on any atom is 0.156 e. The maximum absolute atomic E-state index is 12.2. The van der Waals surface area contributed by atoms with Gasteiger partial charge in [0.2, 0.25) is 0 Å². The van der Waals surface area contributed by atoms with Crippen molar-refractivity contribution in [2.45, 2.75) is 37.9 Å². The van der Waals surface area contributed by atoms with Crippen molar-refractivity contribution in [2.75, 3.05) is 25.4 Å². The normalized spacial score (nSPS) is 40.4. The van der Waals surface area contributed by atoms with Gasteiger partial charge >= 0.3 is 0 Å². The quantitative estimate of drug-likeness (QED) is 0.728. The van der Waals surface area contributed by atoms with E-state index in [0.717, 1.165) is 43.8 Å². The summed E-state index contributed by atoms with van der Waals surface area (Å²) in [5.74, 6) is 2.66. The van der Waals surface area contributed by atoms with E-state index in [2.05, 4.69) is 17.1 Å². The highest BCUT2D eigenvalue weighted by Crippen LogP contribution is 2.43. The molecule has 0 aromatic heterocycles. The fourth-order valence-electron chi connectivity index (χ4n) is 3.84. The molecule has 3 aliphatic rings. The zero-order chi connectivity index (χ0) is 13.7. The van der Waals surface area contributed by atoms with E-state index in [0.29, 0.717) is 5.75 Å². The summed E-state index contributed by atoms with van der Waals surface area (Å²) >= 11 is 0. The van der Waals surface area contributed by atoms with E-state index < -0.39 is 14.6 Å². The van der Waals surface area contributed by atoms with Crippen molar-refractivity contribution in [3.8, 4) is 0 Å². The number of rotatable bonds is 2. The Morgan fingerprint density at radius 3 is 2.63 bits per heavy atom. The fraction of sp³-hybridized carbons (Fsp3) is 0.867. The van der Waals surface area contributed by atoms with E-state index in [9.17, 15) is 8.42 Å². The van der Waals surface area contributed by atoms with E-state index in [1.165, 1.54) is 12.8 Å². The summed E-state index contributed by atoms with van der Waals surface area (Å²) in [4.78, 5) is 2.39. The zero-order valence-corrected chi connectivity index (χ0v) is 12.8. The van der Waals surface area contributed by atoms with Gasteiger partial charge in [-0.1, -0.05) is 12.2 Å². The summed E-state index contributed by atoms with van der Waals surface area (Å²) in [7, 11) is -2.93. The molecule has 0 aromatic carbocycles. The van der Waals surface area contributed by atoms with Gasteiger partial charge in [-0.3, -0.25) is 0 Å². The van der Waals surface area contributed by atoms with Crippen LogP contribution in [-0.2, 0) is 9.84 Å². The first kappa shape index (κ1) is 13.6. The second kappa shape index (κ2) is 4.59. The number of sulfone groups is 1. The number of fused-ring (bicyclic) bond motifs is 2. The van der Waals surface area contributed by atoms with Crippen LogP contribution in [0.25, 0.3) is 0 Å². The van der Waals surface area contributed by atoms with Crippen LogP contribution >= 0.6 is 0 Å². The third-order valence-corrected chi connectivity index (χ3v) is 8.07. The van der Waals surface area contributed by atoms with Gasteiger partial charge in [0.05, 0.1) is 10.5 Å². The number of allylic oxidation sites excluding steroid dienone is 2. The van der Waals surface area contributed by atoms with E-state index in [1.54, 1.807) is 0 Å². The van der Waals surface area contributed by atoms with Crippen LogP contribution in [-0.4, -0.2) is 43.5 Å². The first-order valence-electron chi connectivity index (χ1n) is 7.50. The van der Waals surface area contributed by atoms with Crippen LogP contribution in [0.2, 0.25) is 0 Å². The van der Waals surface area contributed by atoms with Crippen LogP contribution < -0.4 is 0 Å². The molecule has 1 heterocycles. The van der Waals surface area contributed by atoms with Crippen molar-refractivity contribution in [2.24, 2.45) is 17.8 Å². The van der Waals surface area contributed by atoms with Gasteiger partial charge in [0, 0.05) is 13.1 Å². The van der Waals surface area contributed by atoms with Crippen LogP contribution in [0, 0.1) is 17.8 Å². The molecule has 3 nitrogen and oxygen atoms in total. The van der Waals surface area contributed by atoms with Crippen molar-refractivity contribution in [1.82, 2.24) is 4.90 Å². The van der Waals surface area contributed by atoms with Gasteiger partial charge in [0.15, 0.2) is 9.84 Å². The van der Waals surface area contributed by atoms with E-state index in [4.69, 9.17) is 0 Å². The molecule has 3 atom stereocenters. The summed E-state index contributed by atoms with van der Waals surface area (Å²) in [5, 5.41) is 0. The minimum atomic E-state index is -2.93. The number of hydrogen-bond donors (Lipinski definition) is 0. The van der Waals surface area contributed by atoms with Gasteiger partial charge in [0.1, 0.15) is 0 Å². The van der Waals surface area contributed by atoms with Gasteiger partial charge in [-0.15, -0.1) is 0 Å². The summed E-state index contributed by atoms with van der Waals surface area (Å²) in [5.41, 5.74) is 0. The van der Waals surface area contributed by atoms with Crippen molar-refractivity contribution in [3.05, 3.63) is 12.2 Å². The standard InChI is InChI=1S/C15H25NO2S/c1-15(2)5-6-16(7-8-19(15,17)18)11-14-10-12-3-4-13(14)9-12/h3-4,12-14H,5-11H2,1-2H3/t12-,13-,14+/m0/s1. The molecule has 2 bridgehead atoms. The lowest BCUT2D eigenvalue weighted by molar-refractivity contribution is 0.222. The Bertz CT molecular complexity index is 480.